The van der Waals surface area contributed by atoms with Gasteiger partial charge in [0.05, 0.1) is 17.6 Å². The number of carboxylic acid groups (broad SMARTS) is 1. The third-order valence-corrected chi connectivity index (χ3v) is 7.22. The van der Waals surface area contributed by atoms with Crippen LogP contribution in [0.4, 0.5) is 10.3 Å². The number of amides is 1. The highest BCUT2D eigenvalue weighted by molar-refractivity contribution is 7.05. The van der Waals surface area contributed by atoms with E-state index < -0.39 is 23.7 Å². The van der Waals surface area contributed by atoms with Gasteiger partial charge in [0, 0.05) is 17.5 Å². The molecule has 1 atom stereocenters. The van der Waals surface area contributed by atoms with E-state index in [-0.39, 0.29) is 6.42 Å². The van der Waals surface area contributed by atoms with E-state index in [0.717, 1.165) is 27.2 Å². The summed E-state index contributed by atoms with van der Waals surface area (Å²) in [6.07, 6.45) is 0.531. The highest BCUT2D eigenvalue weighted by Gasteiger charge is 2.24. The zero-order valence-electron chi connectivity index (χ0n) is 21.9. The number of aromatic amines is 1. The average Bonchev–Trinajstić information content (AvgIpc) is 3.58. The summed E-state index contributed by atoms with van der Waals surface area (Å²) in [6.45, 7) is 3.92. The first-order chi connectivity index (χ1) is 19.3. The van der Waals surface area contributed by atoms with Gasteiger partial charge >= 0.3 is 5.97 Å². The average molecular weight is 559 g/mol. The van der Waals surface area contributed by atoms with Crippen LogP contribution in [0.15, 0.2) is 60.7 Å². The highest BCUT2D eigenvalue weighted by Crippen LogP contribution is 2.22. The normalized spacial score (nSPS) is 11.9. The van der Waals surface area contributed by atoms with Crippen LogP contribution in [0.5, 0.6) is 0 Å². The molecule has 0 radical (unpaired) electrons. The lowest BCUT2D eigenvalue weighted by Gasteiger charge is -2.17. The molecule has 11 heteroatoms. The van der Waals surface area contributed by atoms with Crippen molar-refractivity contribution in [2.75, 3.05) is 5.32 Å². The number of aryl methyl sites for hydroxylation is 2. The number of nitrogens with one attached hydrogen (secondary N) is 3. The zero-order chi connectivity index (χ0) is 28.2. The van der Waals surface area contributed by atoms with Gasteiger partial charge in [-0.05, 0) is 65.8 Å². The van der Waals surface area contributed by atoms with Gasteiger partial charge in [0.25, 0.3) is 5.91 Å². The molecule has 40 heavy (non-hydrogen) atoms. The molecule has 4 N–H and O–H groups in total. The topological polar surface area (TPSA) is 133 Å². The van der Waals surface area contributed by atoms with E-state index in [9.17, 15) is 19.1 Å². The summed E-state index contributed by atoms with van der Waals surface area (Å²) in [4.78, 5) is 37.2. The molecule has 0 saturated heterocycles. The van der Waals surface area contributed by atoms with Gasteiger partial charge < -0.3 is 20.7 Å². The quantitative estimate of drug-likeness (QED) is 0.187. The number of para-hydroxylation sites is 2. The van der Waals surface area contributed by atoms with Crippen molar-refractivity contribution in [2.24, 2.45) is 0 Å². The summed E-state index contributed by atoms with van der Waals surface area (Å²) in [7, 11) is 0. The number of carbonyl (C=O) groups is 2. The van der Waals surface area contributed by atoms with Crippen LogP contribution in [0.25, 0.3) is 22.4 Å². The first-order valence-electron chi connectivity index (χ1n) is 12.7. The molecule has 3 aromatic carbocycles. The Bertz CT molecular complexity index is 1650. The lowest BCUT2D eigenvalue weighted by Crippen LogP contribution is -2.42. The number of nitrogens with zero attached hydrogens (tertiary/aromatic N) is 3. The Kier molecular flexibility index (Phi) is 7.83. The van der Waals surface area contributed by atoms with Gasteiger partial charge in [-0.25, -0.2) is 19.2 Å². The maximum atomic E-state index is 13.8. The second-order valence-electron chi connectivity index (χ2n) is 9.34. The molecule has 204 valence electrons. The first-order valence-corrected chi connectivity index (χ1v) is 13.5. The highest BCUT2D eigenvalue weighted by atomic mass is 32.1. The van der Waals surface area contributed by atoms with Gasteiger partial charge in [0.1, 0.15) is 16.9 Å². The standard InChI is InChI=1S/C29H27FN6O3S/c1-3-18-14-20(30)12-16(2)25(18)27(37)32-23(28(38)39)13-17-8-10-19(11-9-17)26-35-24(40-36-26)15-31-29-33-21-6-4-5-7-22(21)34-29/h4-12,14,23H,3,13,15H2,1-2H3,(H,32,37)(H,38,39)(H2,31,33,34). The fourth-order valence-electron chi connectivity index (χ4n) is 4.51. The van der Waals surface area contributed by atoms with Crippen molar-refractivity contribution in [3.05, 3.63) is 93.7 Å². The molecule has 0 fully saturated rings. The molecule has 0 aliphatic heterocycles. The Morgan fingerprint density at radius 3 is 2.60 bits per heavy atom. The minimum absolute atomic E-state index is 0.0836. The Morgan fingerprint density at radius 2 is 1.88 bits per heavy atom. The minimum Gasteiger partial charge on any atom is -0.480 e. The van der Waals surface area contributed by atoms with E-state index >= 15 is 0 Å². The molecule has 2 heterocycles. The summed E-state index contributed by atoms with van der Waals surface area (Å²) in [5.41, 5.74) is 4.65. The van der Waals surface area contributed by atoms with Crippen molar-refractivity contribution in [1.82, 2.24) is 24.6 Å². The van der Waals surface area contributed by atoms with Gasteiger partial charge in [-0.2, -0.15) is 4.37 Å². The molecule has 0 saturated carbocycles. The predicted octanol–water partition coefficient (Wildman–Crippen LogP) is 5.13. The number of imidazole rings is 1. The molecule has 1 amide bonds. The number of aliphatic carboxylic acids is 1. The summed E-state index contributed by atoms with van der Waals surface area (Å²) >= 11 is 1.28. The number of fused-ring (bicyclic) bond motifs is 1. The number of benzene rings is 3. The predicted molar refractivity (Wildman–Crippen MR) is 152 cm³/mol. The molecular formula is C29H27FN6O3S. The lowest BCUT2D eigenvalue weighted by molar-refractivity contribution is -0.139. The van der Waals surface area contributed by atoms with Crippen molar-refractivity contribution >= 4 is 40.4 Å². The van der Waals surface area contributed by atoms with E-state index in [1.54, 1.807) is 19.1 Å². The molecule has 0 aliphatic rings. The zero-order valence-corrected chi connectivity index (χ0v) is 22.7. The van der Waals surface area contributed by atoms with Gasteiger partial charge in [-0.3, -0.25) is 4.79 Å². The van der Waals surface area contributed by atoms with E-state index in [4.69, 9.17) is 0 Å². The third-order valence-electron chi connectivity index (χ3n) is 6.51. The number of hydrogen-bond donors (Lipinski definition) is 4. The van der Waals surface area contributed by atoms with Gasteiger partial charge in [-0.15, -0.1) is 0 Å². The molecule has 0 spiro atoms. The SMILES string of the molecule is CCc1cc(F)cc(C)c1C(=O)NC(Cc1ccc(-c2nsc(CNc3nc4ccccc4[nH]3)n2)cc1)C(=O)O. The summed E-state index contributed by atoms with van der Waals surface area (Å²) < 4.78 is 18.2. The summed E-state index contributed by atoms with van der Waals surface area (Å²) in [5.74, 6) is -0.889. The number of rotatable bonds is 10. The van der Waals surface area contributed by atoms with Crippen LogP contribution in [-0.4, -0.2) is 42.4 Å². The van der Waals surface area contributed by atoms with Crippen molar-refractivity contribution in [1.29, 1.82) is 0 Å². The van der Waals surface area contributed by atoms with Crippen LogP contribution in [-0.2, 0) is 24.2 Å². The lowest BCUT2D eigenvalue weighted by atomic mass is 9.98. The van der Waals surface area contributed by atoms with Crippen LogP contribution >= 0.6 is 11.5 Å². The van der Waals surface area contributed by atoms with Crippen molar-refractivity contribution in [3.63, 3.8) is 0 Å². The van der Waals surface area contributed by atoms with Crippen LogP contribution < -0.4 is 10.6 Å². The number of carboxylic acids is 1. The van der Waals surface area contributed by atoms with Crippen LogP contribution in [0.1, 0.15) is 39.0 Å². The fraction of sp³-hybridized carbons (Fsp3) is 0.207. The van der Waals surface area contributed by atoms with Crippen molar-refractivity contribution in [3.8, 4) is 11.4 Å². The molecule has 9 nitrogen and oxygen atoms in total. The number of H-pyrrole nitrogens is 1. The van der Waals surface area contributed by atoms with Crippen LogP contribution in [0.3, 0.4) is 0 Å². The van der Waals surface area contributed by atoms with E-state index in [1.807, 2.05) is 43.3 Å². The smallest absolute Gasteiger partial charge is 0.326 e. The molecule has 2 aromatic heterocycles. The van der Waals surface area contributed by atoms with Gasteiger partial charge in [0.2, 0.25) is 5.95 Å². The first kappa shape index (κ1) is 26.9. The second kappa shape index (κ2) is 11.6. The largest absolute Gasteiger partial charge is 0.480 e. The minimum atomic E-state index is -1.15. The molecular weight excluding hydrogens is 531 g/mol. The molecule has 1 unspecified atom stereocenters. The summed E-state index contributed by atoms with van der Waals surface area (Å²) in [5, 5.41) is 16.4. The third kappa shape index (κ3) is 5.99. The molecule has 5 aromatic rings. The Hall–Kier alpha value is -4.64. The van der Waals surface area contributed by atoms with Gasteiger partial charge in [0.15, 0.2) is 5.82 Å². The second-order valence-corrected chi connectivity index (χ2v) is 10.2. The molecule has 0 bridgehead atoms. The van der Waals surface area contributed by atoms with Gasteiger partial charge in [-0.1, -0.05) is 43.3 Å². The van der Waals surface area contributed by atoms with Crippen LogP contribution in [0, 0.1) is 12.7 Å². The molecule has 0 aliphatic carbocycles. The van der Waals surface area contributed by atoms with E-state index in [2.05, 4.69) is 30.0 Å². The Balaban J connectivity index is 1.22. The van der Waals surface area contributed by atoms with Crippen LogP contribution in [0.2, 0.25) is 0 Å². The number of halogens is 1. The molecule has 5 rings (SSSR count). The Morgan fingerprint density at radius 1 is 1.10 bits per heavy atom. The van der Waals surface area contributed by atoms with E-state index in [1.165, 1.54) is 23.7 Å². The Labute approximate surface area is 233 Å². The number of anilines is 1. The fourth-order valence-corrected chi connectivity index (χ4v) is 5.11. The van der Waals surface area contributed by atoms with E-state index in [0.29, 0.717) is 41.4 Å². The monoisotopic (exact) mass is 558 g/mol. The summed E-state index contributed by atoms with van der Waals surface area (Å²) in [6, 6.07) is 16.5. The maximum Gasteiger partial charge on any atom is 0.326 e. The number of aromatic nitrogens is 4. The maximum absolute atomic E-state index is 13.8. The number of hydrogen-bond acceptors (Lipinski definition) is 7. The van der Waals surface area contributed by atoms with Crippen molar-refractivity contribution in [2.45, 2.75) is 39.3 Å². The van der Waals surface area contributed by atoms with Crippen molar-refractivity contribution < 1.29 is 19.1 Å². The number of carbonyl (C=O) groups excluding carboxylic acids is 1.